The molecule has 2 aromatic rings. The summed E-state index contributed by atoms with van der Waals surface area (Å²) in [5.74, 6) is -0.257. The Morgan fingerprint density at radius 2 is 2.33 bits per heavy atom. The number of anilines is 1. The number of nitro benzene ring substituents is 1. The second-order valence-corrected chi connectivity index (χ2v) is 5.06. The molecular formula is C14H14N4O3. The van der Waals surface area contributed by atoms with Crippen molar-refractivity contribution in [1.82, 2.24) is 9.97 Å². The number of amides is 1. The molecule has 1 aliphatic carbocycles. The largest absolute Gasteiger partial charge is 0.348 e. The van der Waals surface area contributed by atoms with Crippen LogP contribution >= 0.6 is 0 Å². The van der Waals surface area contributed by atoms with Gasteiger partial charge in [0.2, 0.25) is 5.91 Å². The Labute approximate surface area is 120 Å². The van der Waals surface area contributed by atoms with Crippen molar-refractivity contribution in [3.8, 4) is 0 Å². The van der Waals surface area contributed by atoms with Gasteiger partial charge in [0.15, 0.2) is 0 Å². The number of carbonyl (C=O) groups is 1. The van der Waals surface area contributed by atoms with Gasteiger partial charge in [-0.15, -0.1) is 0 Å². The maximum absolute atomic E-state index is 12.3. The number of nitro groups is 1. The fraction of sp³-hybridized carbons (Fsp3) is 0.286. The summed E-state index contributed by atoms with van der Waals surface area (Å²) in [4.78, 5) is 29.8. The first-order chi connectivity index (χ1) is 10.1. The average Bonchev–Trinajstić information content (AvgIpc) is 2.94. The van der Waals surface area contributed by atoms with Gasteiger partial charge in [-0.2, -0.15) is 0 Å². The van der Waals surface area contributed by atoms with Crippen molar-refractivity contribution in [3.05, 3.63) is 52.1 Å². The normalized spacial score (nSPS) is 17.0. The lowest BCUT2D eigenvalue weighted by atomic mass is 9.89. The molecule has 1 heterocycles. The summed E-state index contributed by atoms with van der Waals surface area (Å²) in [6, 6.07) is 5.96. The molecule has 0 fully saturated rings. The smallest absolute Gasteiger partial charge is 0.271 e. The topological polar surface area (TPSA) is 101 Å². The Hall–Kier alpha value is -2.70. The maximum atomic E-state index is 12.3. The molecule has 0 radical (unpaired) electrons. The minimum Gasteiger partial charge on any atom is -0.348 e. The van der Waals surface area contributed by atoms with Gasteiger partial charge in [0, 0.05) is 35.9 Å². The van der Waals surface area contributed by atoms with Gasteiger partial charge < -0.3 is 10.3 Å². The number of aryl methyl sites for hydroxylation is 1. The van der Waals surface area contributed by atoms with Gasteiger partial charge in [0.1, 0.15) is 0 Å². The van der Waals surface area contributed by atoms with Crippen molar-refractivity contribution >= 4 is 17.3 Å². The van der Waals surface area contributed by atoms with Crippen LogP contribution in [0.15, 0.2) is 30.6 Å². The Bertz CT molecular complexity index is 695. The van der Waals surface area contributed by atoms with Gasteiger partial charge in [-0.25, -0.2) is 4.98 Å². The first kappa shape index (κ1) is 13.3. The lowest BCUT2D eigenvalue weighted by molar-refractivity contribution is -0.384. The molecule has 1 aromatic carbocycles. The van der Waals surface area contributed by atoms with Crippen molar-refractivity contribution in [1.29, 1.82) is 0 Å². The molecule has 7 nitrogen and oxygen atoms in total. The number of fused-ring (bicyclic) bond motifs is 1. The van der Waals surface area contributed by atoms with Crippen molar-refractivity contribution in [2.45, 2.75) is 19.3 Å². The van der Waals surface area contributed by atoms with E-state index in [1.165, 1.54) is 12.1 Å². The van der Waals surface area contributed by atoms with Gasteiger partial charge >= 0.3 is 0 Å². The number of rotatable bonds is 3. The van der Waals surface area contributed by atoms with E-state index in [0.717, 1.165) is 24.2 Å². The number of nitrogens with zero attached hydrogens (tertiary/aromatic N) is 2. The van der Waals surface area contributed by atoms with Crippen LogP contribution in [0.2, 0.25) is 0 Å². The van der Waals surface area contributed by atoms with Crippen molar-refractivity contribution in [3.63, 3.8) is 0 Å². The van der Waals surface area contributed by atoms with Gasteiger partial charge in [0.25, 0.3) is 5.69 Å². The van der Waals surface area contributed by atoms with Crippen LogP contribution in [0.1, 0.15) is 17.8 Å². The molecule has 1 aromatic heterocycles. The third kappa shape index (κ3) is 2.76. The first-order valence-electron chi connectivity index (χ1n) is 6.70. The second-order valence-electron chi connectivity index (χ2n) is 5.06. The van der Waals surface area contributed by atoms with Gasteiger partial charge in [0.05, 0.1) is 16.9 Å². The molecule has 1 amide bonds. The number of carbonyl (C=O) groups excluding carboxylic acids is 1. The summed E-state index contributed by atoms with van der Waals surface area (Å²) < 4.78 is 0. The molecule has 0 aliphatic heterocycles. The summed E-state index contributed by atoms with van der Waals surface area (Å²) >= 11 is 0. The minimum absolute atomic E-state index is 0.0349. The third-order valence-electron chi connectivity index (χ3n) is 3.68. The second kappa shape index (κ2) is 5.35. The molecule has 0 saturated heterocycles. The molecule has 1 unspecified atom stereocenters. The van der Waals surface area contributed by atoms with Crippen molar-refractivity contribution in [2.75, 3.05) is 5.32 Å². The molecule has 21 heavy (non-hydrogen) atoms. The Morgan fingerprint density at radius 1 is 1.48 bits per heavy atom. The highest BCUT2D eigenvalue weighted by Crippen LogP contribution is 2.25. The summed E-state index contributed by atoms with van der Waals surface area (Å²) in [6.45, 7) is 0. The average molecular weight is 286 g/mol. The van der Waals surface area contributed by atoms with Crippen LogP contribution in [0, 0.1) is 16.0 Å². The van der Waals surface area contributed by atoms with Crippen LogP contribution in [0.5, 0.6) is 0 Å². The maximum Gasteiger partial charge on any atom is 0.271 e. The number of aromatic amines is 1. The zero-order chi connectivity index (χ0) is 14.8. The summed E-state index contributed by atoms with van der Waals surface area (Å²) in [7, 11) is 0. The zero-order valence-corrected chi connectivity index (χ0v) is 11.2. The van der Waals surface area contributed by atoms with Crippen LogP contribution in [0.4, 0.5) is 11.4 Å². The predicted octanol–water partition coefficient (Wildman–Crippen LogP) is 2.06. The fourth-order valence-electron chi connectivity index (χ4n) is 2.57. The molecule has 1 aliphatic rings. The molecule has 7 heteroatoms. The van der Waals surface area contributed by atoms with Gasteiger partial charge in [-0.3, -0.25) is 14.9 Å². The van der Waals surface area contributed by atoms with E-state index in [-0.39, 0.29) is 17.5 Å². The Balaban J connectivity index is 1.70. The van der Waals surface area contributed by atoms with E-state index in [1.807, 2.05) is 0 Å². The number of non-ortho nitro benzene ring substituents is 1. The van der Waals surface area contributed by atoms with Gasteiger partial charge in [-0.1, -0.05) is 6.07 Å². The zero-order valence-electron chi connectivity index (χ0n) is 11.2. The van der Waals surface area contributed by atoms with Crippen molar-refractivity contribution in [2.24, 2.45) is 5.92 Å². The molecular weight excluding hydrogens is 272 g/mol. The highest BCUT2D eigenvalue weighted by atomic mass is 16.6. The number of benzene rings is 1. The summed E-state index contributed by atoms with van der Waals surface area (Å²) in [6.07, 6.45) is 3.77. The van der Waals surface area contributed by atoms with E-state index in [2.05, 4.69) is 15.3 Å². The SMILES string of the molecule is O=C(Nc1cccc([N+](=O)[O-])c1)C1CCc2nc[nH]c2C1. The number of nitrogens with one attached hydrogen (secondary N) is 2. The van der Waals surface area contributed by atoms with E-state index in [0.29, 0.717) is 12.1 Å². The number of hydrogen-bond donors (Lipinski definition) is 2. The minimum atomic E-state index is -0.479. The van der Waals surface area contributed by atoms with E-state index >= 15 is 0 Å². The van der Waals surface area contributed by atoms with E-state index in [9.17, 15) is 14.9 Å². The van der Waals surface area contributed by atoms with E-state index in [4.69, 9.17) is 0 Å². The fourth-order valence-corrected chi connectivity index (χ4v) is 2.57. The lowest BCUT2D eigenvalue weighted by Crippen LogP contribution is -2.28. The lowest BCUT2D eigenvalue weighted by Gasteiger charge is -2.20. The Morgan fingerprint density at radius 3 is 3.14 bits per heavy atom. The summed E-state index contributed by atoms with van der Waals surface area (Å²) in [5, 5.41) is 13.5. The van der Waals surface area contributed by atoms with E-state index < -0.39 is 4.92 Å². The predicted molar refractivity (Wildman–Crippen MR) is 75.8 cm³/mol. The van der Waals surface area contributed by atoms with Gasteiger partial charge in [-0.05, 0) is 18.9 Å². The van der Waals surface area contributed by atoms with E-state index in [1.54, 1.807) is 18.5 Å². The van der Waals surface area contributed by atoms with Crippen LogP contribution in [-0.2, 0) is 17.6 Å². The van der Waals surface area contributed by atoms with Crippen LogP contribution in [0.3, 0.4) is 0 Å². The standard InChI is InChI=1S/C14H14N4O3/c19-14(9-4-5-12-13(6-9)16-8-15-12)17-10-2-1-3-11(7-10)18(20)21/h1-3,7-9H,4-6H2,(H,15,16)(H,17,19). The monoisotopic (exact) mass is 286 g/mol. The van der Waals surface area contributed by atoms with Crippen LogP contribution in [-0.4, -0.2) is 20.8 Å². The number of imidazole rings is 1. The number of aromatic nitrogens is 2. The Kier molecular flexibility index (Phi) is 3.39. The summed E-state index contributed by atoms with van der Waals surface area (Å²) in [5.41, 5.74) is 2.44. The molecule has 0 bridgehead atoms. The molecule has 0 spiro atoms. The first-order valence-corrected chi connectivity index (χ1v) is 6.70. The number of hydrogen-bond acceptors (Lipinski definition) is 4. The molecule has 1 atom stereocenters. The molecule has 2 N–H and O–H groups in total. The van der Waals surface area contributed by atoms with Crippen molar-refractivity contribution < 1.29 is 9.72 Å². The third-order valence-corrected chi connectivity index (χ3v) is 3.68. The highest BCUT2D eigenvalue weighted by molar-refractivity contribution is 5.93. The number of H-pyrrole nitrogens is 1. The van der Waals surface area contributed by atoms with Crippen LogP contribution in [0.25, 0.3) is 0 Å². The van der Waals surface area contributed by atoms with Crippen LogP contribution < -0.4 is 5.32 Å². The highest BCUT2D eigenvalue weighted by Gasteiger charge is 2.26. The quantitative estimate of drug-likeness (QED) is 0.666. The molecule has 3 rings (SSSR count). The molecule has 108 valence electrons. The molecule has 0 saturated carbocycles.